The molecule has 1 fully saturated rings. The Labute approximate surface area is 109 Å². The summed E-state index contributed by atoms with van der Waals surface area (Å²) >= 11 is 7.76. The second-order valence-electron chi connectivity index (χ2n) is 4.40. The summed E-state index contributed by atoms with van der Waals surface area (Å²) in [5.41, 5.74) is 0.974. The molecule has 1 aliphatic rings. The Morgan fingerprint density at radius 2 is 2.06 bits per heavy atom. The monoisotopic (exact) mass is 267 g/mol. The quantitative estimate of drug-likeness (QED) is 0.782. The van der Waals surface area contributed by atoms with Crippen molar-refractivity contribution in [3.8, 4) is 0 Å². The number of fused-ring (bicyclic) bond motifs is 1. The number of piperidine rings is 1. The molecule has 3 rings (SSSR count). The molecule has 3 heterocycles. The summed E-state index contributed by atoms with van der Waals surface area (Å²) in [5, 5.41) is 2.60. The molecule has 5 heteroatoms. The fourth-order valence-corrected chi connectivity index (χ4v) is 3.30. The van der Waals surface area contributed by atoms with Gasteiger partial charge in [-0.05, 0) is 37.4 Å². The van der Waals surface area contributed by atoms with E-state index in [-0.39, 0.29) is 0 Å². The van der Waals surface area contributed by atoms with E-state index in [4.69, 9.17) is 11.6 Å². The van der Waals surface area contributed by atoms with E-state index in [1.165, 1.54) is 19.3 Å². The van der Waals surface area contributed by atoms with Gasteiger partial charge in [0.25, 0.3) is 0 Å². The van der Waals surface area contributed by atoms with Gasteiger partial charge < -0.3 is 0 Å². The third-order valence-electron chi connectivity index (χ3n) is 3.12. The highest BCUT2D eigenvalue weighted by atomic mass is 35.5. The van der Waals surface area contributed by atoms with Gasteiger partial charge in [-0.1, -0.05) is 18.0 Å². The van der Waals surface area contributed by atoms with Crippen LogP contribution < -0.4 is 0 Å². The van der Waals surface area contributed by atoms with E-state index in [9.17, 15) is 0 Å². The first-order valence-electron chi connectivity index (χ1n) is 5.95. The van der Waals surface area contributed by atoms with E-state index in [1.807, 2.05) is 11.4 Å². The molecular formula is C12H14ClN3S. The zero-order chi connectivity index (χ0) is 11.7. The molecular weight excluding hydrogens is 254 g/mol. The van der Waals surface area contributed by atoms with Gasteiger partial charge in [0, 0.05) is 0 Å². The zero-order valence-electron chi connectivity index (χ0n) is 9.53. The van der Waals surface area contributed by atoms with Gasteiger partial charge in [0.15, 0.2) is 5.15 Å². The summed E-state index contributed by atoms with van der Waals surface area (Å²) in [6, 6.07) is 2.01. The normalized spacial score (nSPS) is 17.7. The van der Waals surface area contributed by atoms with Gasteiger partial charge in [-0.25, -0.2) is 9.97 Å². The highest BCUT2D eigenvalue weighted by Crippen LogP contribution is 2.26. The van der Waals surface area contributed by atoms with E-state index in [1.54, 1.807) is 11.3 Å². The van der Waals surface area contributed by atoms with Gasteiger partial charge in [0.05, 0.1) is 16.8 Å². The largest absolute Gasteiger partial charge is 0.296 e. The van der Waals surface area contributed by atoms with Crippen molar-refractivity contribution in [2.24, 2.45) is 0 Å². The van der Waals surface area contributed by atoms with Crippen LogP contribution in [0.2, 0.25) is 5.15 Å². The molecule has 0 saturated carbocycles. The highest BCUT2D eigenvalue weighted by molar-refractivity contribution is 7.17. The van der Waals surface area contributed by atoms with Crippen molar-refractivity contribution >= 4 is 33.2 Å². The molecule has 0 unspecified atom stereocenters. The van der Waals surface area contributed by atoms with E-state index in [2.05, 4.69) is 14.9 Å². The molecule has 0 amide bonds. The summed E-state index contributed by atoms with van der Waals surface area (Å²) in [5.74, 6) is 0.850. The van der Waals surface area contributed by atoms with E-state index in [0.717, 1.165) is 35.7 Å². The maximum Gasteiger partial charge on any atom is 0.150 e. The summed E-state index contributed by atoms with van der Waals surface area (Å²) in [6.07, 6.45) is 3.92. The van der Waals surface area contributed by atoms with Crippen molar-refractivity contribution in [1.29, 1.82) is 0 Å². The zero-order valence-corrected chi connectivity index (χ0v) is 11.1. The Hall–Kier alpha value is -0.710. The number of thiophene rings is 1. The molecule has 90 valence electrons. The van der Waals surface area contributed by atoms with Crippen LogP contribution >= 0.6 is 22.9 Å². The van der Waals surface area contributed by atoms with Crippen molar-refractivity contribution in [1.82, 2.24) is 14.9 Å². The molecule has 0 bridgehead atoms. The van der Waals surface area contributed by atoms with Crippen LogP contribution in [0, 0.1) is 0 Å². The second kappa shape index (κ2) is 4.88. The van der Waals surface area contributed by atoms with Gasteiger partial charge in [0.1, 0.15) is 5.82 Å². The first kappa shape index (κ1) is 11.4. The van der Waals surface area contributed by atoms with Crippen molar-refractivity contribution in [2.75, 3.05) is 13.1 Å². The van der Waals surface area contributed by atoms with Crippen LogP contribution in [0.3, 0.4) is 0 Å². The van der Waals surface area contributed by atoms with Crippen molar-refractivity contribution in [3.63, 3.8) is 0 Å². The number of aromatic nitrogens is 2. The molecule has 0 N–H and O–H groups in total. The highest BCUT2D eigenvalue weighted by Gasteiger charge is 2.13. The average Bonchev–Trinajstić information content (AvgIpc) is 2.79. The standard InChI is InChI=1S/C12H14ClN3S/c13-12-11-9(4-7-17-11)14-10(15-12)8-16-5-2-1-3-6-16/h4,7H,1-3,5-6,8H2. The van der Waals surface area contributed by atoms with Gasteiger partial charge in [0.2, 0.25) is 0 Å². The smallest absolute Gasteiger partial charge is 0.150 e. The molecule has 2 aromatic heterocycles. The minimum Gasteiger partial charge on any atom is -0.296 e. The molecule has 2 aromatic rings. The van der Waals surface area contributed by atoms with Gasteiger partial charge in [-0.2, -0.15) is 0 Å². The third kappa shape index (κ3) is 2.44. The molecule has 1 saturated heterocycles. The molecule has 17 heavy (non-hydrogen) atoms. The third-order valence-corrected chi connectivity index (χ3v) is 4.42. The molecule has 0 aromatic carbocycles. The number of nitrogens with zero attached hydrogens (tertiary/aromatic N) is 3. The summed E-state index contributed by atoms with van der Waals surface area (Å²) in [6.45, 7) is 3.14. The predicted octanol–water partition coefficient (Wildman–Crippen LogP) is 3.33. The molecule has 0 spiro atoms. The van der Waals surface area contributed by atoms with Crippen LogP contribution in [0.25, 0.3) is 10.2 Å². The number of rotatable bonds is 2. The molecule has 3 nitrogen and oxygen atoms in total. The summed E-state index contributed by atoms with van der Waals surface area (Å²) in [4.78, 5) is 11.4. The topological polar surface area (TPSA) is 29.0 Å². The maximum atomic E-state index is 6.16. The number of likely N-dealkylation sites (tertiary alicyclic amines) is 1. The number of halogens is 1. The van der Waals surface area contributed by atoms with Gasteiger partial charge >= 0.3 is 0 Å². The summed E-state index contributed by atoms with van der Waals surface area (Å²) in [7, 11) is 0. The van der Waals surface area contributed by atoms with Crippen LogP contribution in [0.5, 0.6) is 0 Å². The minimum atomic E-state index is 0.594. The maximum absolute atomic E-state index is 6.16. The van der Waals surface area contributed by atoms with Crippen LogP contribution in [-0.2, 0) is 6.54 Å². The molecule has 0 radical (unpaired) electrons. The lowest BCUT2D eigenvalue weighted by Crippen LogP contribution is -2.29. The van der Waals surface area contributed by atoms with E-state index >= 15 is 0 Å². The molecule has 1 aliphatic heterocycles. The van der Waals surface area contributed by atoms with E-state index in [0.29, 0.717) is 5.15 Å². The fourth-order valence-electron chi connectivity index (χ4n) is 2.26. The molecule has 0 atom stereocenters. The van der Waals surface area contributed by atoms with Crippen LogP contribution in [0.4, 0.5) is 0 Å². The lowest BCUT2D eigenvalue weighted by Gasteiger charge is -2.25. The lowest BCUT2D eigenvalue weighted by molar-refractivity contribution is 0.216. The van der Waals surface area contributed by atoms with Crippen molar-refractivity contribution in [2.45, 2.75) is 25.8 Å². The average molecular weight is 268 g/mol. The lowest BCUT2D eigenvalue weighted by atomic mass is 10.1. The van der Waals surface area contributed by atoms with Crippen molar-refractivity contribution in [3.05, 3.63) is 22.4 Å². The Morgan fingerprint density at radius 1 is 1.24 bits per heavy atom. The minimum absolute atomic E-state index is 0.594. The second-order valence-corrected chi connectivity index (χ2v) is 5.68. The van der Waals surface area contributed by atoms with Crippen LogP contribution in [-0.4, -0.2) is 28.0 Å². The Bertz CT molecular complexity index is 519. The van der Waals surface area contributed by atoms with Gasteiger partial charge in [-0.15, -0.1) is 11.3 Å². The summed E-state index contributed by atoms with van der Waals surface area (Å²) < 4.78 is 0.995. The first-order valence-corrected chi connectivity index (χ1v) is 7.21. The molecule has 0 aliphatic carbocycles. The Balaban J connectivity index is 1.84. The van der Waals surface area contributed by atoms with Crippen LogP contribution in [0.1, 0.15) is 25.1 Å². The Morgan fingerprint density at radius 3 is 2.88 bits per heavy atom. The van der Waals surface area contributed by atoms with E-state index < -0.39 is 0 Å². The van der Waals surface area contributed by atoms with Crippen molar-refractivity contribution < 1.29 is 0 Å². The number of hydrogen-bond acceptors (Lipinski definition) is 4. The Kier molecular flexibility index (Phi) is 3.27. The van der Waals surface area contributed by atoms with Crippen LogP contribution in [0.15, 0.2) is 11.4 Å². The SMILES string of the molecule is Clc1nc(CN2CCCCC2)nc2ccsc12. The first-order chi connectivity index (χ1) is 8.33. The van der Waals surface area contributed by atoms with Gasteiger partial charge in [-0.3, -0.25) is 4.90 Å². The predicted molar refractivity (Wildman–Crippen MR) is 71.6 cm³/mol. The number of hydrogen-bond donors (Lipinski definition) is 0. The fraction of sp³-hybridized carbons (Fsp3) is 0.500.